The number of carbonyl (C=O) groups excluding carboxylic acids is 1. The quantitative estimate of drug-likeness (QED) is 0.459. The minimum absolute atomic E-state index is 0.0164. The van der Waals surface area contributed by atoms with Gasteiger partial charge in [0.15, 0.2) is 5.65 Å². The predicted molar refractivity (Wildman–Crippen MR) is 118 cm³/mol. The first-order valence-corrected chi connectivity index (χ1v) is 10.5. The fourth-order valence-electron chi connectivity index (χ4n) is 3.50. The number of aromatic nitrogens is 6. The summed E-state index contributed by atoms with van der Waals surface area (Å²) < 4.78 is 16.6. The van der Waals surface area contributed by atoms with Crippen LogP contribution < -0.4 is 11.1 Å². The van der Waals surface area contributed by atoms with Crippen LogP contribution in [0.25, 0.3) is 16.8 Å². The molecule has 1 amide bonds. The molecule has 0 spiro atoms. The van der Waals surface area contributed by atoms with Crippen molar-refractivity contribution in [1.29, 1.82) is 0 Å². The molecule has 166 valence electrons. The summed E-state index contributed by atoms with van der Waals surface area (Å²) in [5, 5.41) is 11.6. The first kappa shape index (κ1) is 21.4. The molecule has 4 heterocycles. The van der Waals surface area contributed by atoms with Gasteiger partial charge in [-0.3, -0.25) is 14.5 Å². The number of nitrogens with one attached hydrogen (secondary N) is 1. The zero-order chi connectivity index (χ0) is 22.8. The molecule has 0 aliphatic heterocycles. The van der Waals surface area contributed by atoms with Crippen LogP contribution in [0.1, 0.15) is 55.7 Å². The van der Waals surface area contributed by atoms with Gasteiger partial charge in [0, 0.05) is 29.6 Å². The van der Waals surface area contributed by atoms with Crippen molar-refractivity contribution in [2.24, 2.45) is 0 Å². The van der Waals surface area contributed by atoms with Crippen molar-refractivity contribution in [3.05, 3.63) is 60.1 Å². The van der Waals surface area contributed by atoms with Gasteiger partial charge in [-0.15, -0.1) is 5.10 Å². The molecule has 4 rings (SSSR count). The SMILES string of the molecule is CCC(c1ccc(F)cn1)n1cc(-c2cc(C(=O)N[C@@H](C)CC)c3nc(N)nn3c2)cn1. The number of hydrogen-bond acceptors (Lipinski definition) is 6. The van der Waals surface area contributed by atoms with Crippen molar-refractivity contribution in [1.82, 2.24) is 34.7 Å². The Morgan fingerprint density at radius 2 is 2.00 bits per heavy atom. The van der Waals surface area contributed by atoms with E-state index >= 15 is 0 Å². The molecule has 0 saturated carbocycles. The van der Waals surface area contributed by atoms with Gasteiger partial charge >= 0.3 is 0 Å². The van der Waals surface area contributed by atoms with Gasteiger partial charge in [-0.2, -0.15) is 10.1 Å². The highest BCUT2D eigenvalue weighted by Gasteiger charge is 2.19. The van der Waals surface area contributed by atoms with E-state index in [2.05, 4.69) is 25.5 Å². The Kier molecular flexibility index (Phi) is 5.85. The van der Waals surface area contributed by atoms with Gasteiger partial charge < -0.3 is 11.1 Å². The third kappa shape index (κ3) is 4.16. The first-order valence-electron chi connectivity index (χ1n) is 10.5. The molecule has 2 atom stereocenters. The molecule has 32 heavy (non-hydrogen) atoms. The van der Waals surface area contributed by atoms with Gasteiger partial charge in [-0.05, 0) is 38.0 Å². The number of nitrogens with zero attached hydrogens (tertiary/aromatic N) is 6. The lowest BCUT2D eigenvalue weighted by molar-refractivity contribution is 0.0940. The summed E-state index contributed by atoms with van der Waals surface area (Å²) in [6.07, 6.45) is 8.08. The molecule has 1 unspecified atom stereocenters. The van der Waals surface area contributed by atoms with Crippen molar-refractivity contribution in [2.75, 3.05) is 5.73 Å². The van der Waals surface area contributed by atoms with Crippen LogP contribution in [0.5, 0.6) is 0 Å². The Hall–Kier alpha value is -3.82. The van der Waals surface area contributed by atoms with Crippen LogP contribution in [0.4, 0.5) is 10.3 Å². The second kappa shape index (κ2) is 8.74. The number of nitrogens with two attached hydrogens (primary N) is 1. The second-order valence-electron chi connectivity index (χ2n) is 7.70. The number of halogens is 1. The molecule has 0 bridgehead atoms. The Balaban J connectivity index is 1.73. The summed E-state index contributed by atoms with van der Waals surface area (Å²) in [5.74, 6) is -0.537. The molecule has 0 aliphatic rings. The summed E-state index contributed by atoms with van der Waals surface area (Å²) in [6.45, 7) is 5.95. The second-order valence-corrected chi connectivity index (χ2v) is 7.70. The maximum atomic E-state index is 13.3. The van der Waals surface area contributed by atoms with E-state index in [1.54, 1.807) is 29.2 Å². The van der Waals surface area contributed by atoms with E-state index < -0.39 is 0 Å². The van der Waals surface area contributed by atoms with Gasteiger partial charge in [-0.25, -0.2) is 8.91 Å². The average molecular weight is 436 g/mol. The zero-order valence-electron chi connectivity index (χ0n) is 18.2. The van der Waals surface area contributed by atoms with E-state index in [-0.39, 0.29) is 29.8 Å². The summed E-state index contributed by atoms with van der Waals surface area (Å²) in [4.78, 5) is 21.3. The standard InChI is InChI=1S/C22H25FN8O/c1-4-13(3)27-21(32)17-8-14(11-31-20(17)28-22(24)29-31)15-9-26-30(12-15)19(5-2)18-7-6-16(23)10-25-18/h6-13,19H,4-5H2,1-3H3,(H2,24,29)(H,27,32)/t13-,19?/m0/s1. The molecular formula is C22H25FN8O. The molecule has 0 aliphatic carbocycles. The van der Waals surface area contributed by atoms with Gasteiger partial charge in [0.05, 0.1) is 29.7 Å². The van der Waals surface area contributed by atoms with Crippen molar-refractivity contribution in [3.63, 3.8) is 0 Å². The van der Waals surface area contributed by atoms with Crippen LogP contribution >= 0.6 is 0 Å². The van der Waals surface area contributed by atoms with Crippen molar-refractivity contribution >= 4 is 17.5 Å². The maximum absolute atomic E-state index is 13.3. The van der Waals surface area contributed by atoms with Crippen LogP contribution in [-0.4, -0.2) is 41.3 Å². The van der Waals surface area contributed by atoms with E-state index in [1.807, 2.05) is 27.0 Å². The Morgan fingerprint density at radius 1 is 1.19 bits per heavy atom. The van der Waals surface area contributed by atoms with E-state index in [9.17, 15) is 9.18 Å². The summed E-state index contributed by atoms with van der Waals surface area (Å²) in [6, 6.07) is 4.68. The molecule has 9 nitrogen and oxygen atoms in total. The molecule has 10 heteroatoms. The number of hydrogen-bond donors (Lipinski definition) is 2. The highest BCUT2D eigenvalue weighted by Crippen LogP contribution is 2.26. The predicted octanol–water partition coefficient (Wildman–Crippen LogP) is 3.24. The van der Waals surface area contributed by atoms with Gasteiger partial charge in [-0.1, -0.05) is 13.8 Å². The fourth-order valence-corrected chi connectivity index (χ4v) is 3.50. The fraction of sp³-hybridized carbons (Fsp3) is 0.318. The Morgan fingerprint density at radius 3 is 2.69 bits per heavy atom. The third-order valence-corrected chi connectivity index (χ3v) is 5.42. The molecule has 0 fully saturated rings. The molecule has 3 N–H and O–H groups in total. The van der Waals surface area contributed by atoms with E-state index in [0.717, 1.165) is 29.7 Å². The number of carbonyl (C=O) groups is 1. The van der Waals surface area contributed by atoms with Crippen LogP contribution in [0.15, 0.2) is 43.0 Å². The van der Waals surface area contributed by atoms with Crippen molar-refractivity contribution < 1.29 is 9.18 Å². The maximum Gasteiger partial charge on any atom is 0.255 e. The highest BCUT2D eigenvalue weighted by molar-refractivity contribution is 6.01. The zero-order valence-corrected chi connectivity index (χ0v) is 18.2. The highest BCUT2D eigenvalue weighted by atomic mass is 19.1. The minimum Gasteiger partial charge on any atom is -0.366 e. The van der Waals surface area contributed by atoms with E-state index in [1.165, 1.54) is 16.8 Å². The lowest BCUT2D eigenvalue weighted by Gasteiger charge is -2.15. The number of amides is 1. The lowest BCUT2D eigenvalue weighted by Crippen LogP contribution is -2.32. The summed E-state index contributed by atoms with van der Waals surface area (Å²) in [5.41, 5.74) is 8.81. The van der Waals surface area contributed by atoms with Gasteiger partial charge in [0.25, 0.3) is 5.91 Å². The van der Waals surface area contributed by atoms with Gasteiger partial charge in [0.1, 0.15) is 5.82 Å². The van der Waals surface area contributed by atoms with E-state index in [0.29, 0.717) is 11.2 Å². The smallest absolute Gasteiger partial charge is 0.255 e. The summed E-state index contributed by atoms with van der Waals surface area (Å²) >= 11 is 0. The normalized spacial score (nSPS) is 13.2. The molecule has 4 aromatic rings. The first-order chi connectivity index (χ1) is 15.4. The monoisotopic (exact) mass is 436 g/mol. The number of rotatable bonds is 7. The van der Waals surface area contributed by atoms with Crippen molar-refractivity contribution in [3.8, 4) is 11.1 Å². The molecule has 4 aromatic heterocycles. The number of nitrogen functional groups attached to an aromatic ring is 1. The van der Waals surface area contributed by atoms with Gasteiger partial charge in [0.2, 0.25) is 5.95 Å². The Labute approximate surface area is 184 Å². The number of pyridine rings is 2. The van der Waals surface area contributed by atoms with E-state index in [4.69, 9.17) is 5.73 Å². The molecule has 0 saturated heterocycles. The molecule has 0 aromatic carbocycles. The number of fused-ring (bicyclic) bond motifs is 1. The lowest BCUT2D eigenvalue weighted by atomic mass is 10.1. The topological polar surface area (TPSA) is 116 Å². The largest absolute Gasteiger partial charge is 0.366 e. The minimum atomic E-state index is -0.381. The molecule has 0 radical (unpaired) electrons. The third-order valence-electron chi connectivity index (χ3n) is 5.42. The average Bonchev–Trinajstić information content (AvgIpc) is 3.40. The molecular weight excluding hydrogens is 411 g/mol. The van der Waals surface area contributed by atoms with Crippen LogP contribution in [0.2, 0.25) is 0 Å². The van der Waals surface area contributed by atoms with Crippen LogP contribution in [-0.2, 0) is 0 Å². The number of anilines is 1. The van der Waals surface area contributed by atoms with Crippen LogP contribution in [0, 0.1) is 5.82 Å². The van der Waals surface area contributed by atoms with Crippen LogP contribution in [0.3, 0.4) is 0 Å². The summed E-state index contributed by atoms with van der Waals surface area (Å²) in [7, 11) is 0. The van der Waals surface area contributed by atoms with Crippen molar-refractivity contribution in [2.45, 2.75) is 45.7 Å². The Bertz CT molecular complexity index is 1250.